The predicted molar refractivity (Wildman–Crippen MR) is 89.3 cm³/mol. The second-order valence-electron chi connectivity index (χ2n) is 5.95. The molecular formula is C17H27N3O2. The molecule has 1 aliphatic heterocycles. The molecule has 1 aromatic rings. The van der Waals surface area contributed by atoms with Gasteiger partial charge in [-0.15, -0.1) is 0 Å². The molecule has 2 atom stereocenters. The summed E-state index contributed by atoms with van der Waals surface area (Å²) in [6, 6.07) is 7.78. The molecule has 5 heteroatoms. The molecule has 22 heavy (non-hydrogen) atoms. The summed E-state index contributed by atoms with van der Waals surface area (Å²) < 4.78 is 5.70. The monoisotopic (exact) mass is 305 g/mol. The summed E-state index contributed by atoms with van der Waals surface area (Å²) in [5.41, 5.74) is 2.06. The van der Waals surface area contributed by atoms with E-state index in [4.69, 9.17) is 4.74 Å². The number of hydrogen-bond acceptors (Lipinski definition) is 3. The number of aryl methyl sites for hydroxylation is 1. The van der Waals surface area contributed by atoms with E-state index < -0.39 is 0 Å². The maximum atomic E-state index is 11.9. The molecular weight excluding hydrogens is 278 g/mol. The summed E-state index contributed by atoms with van der Waals surface area (Å²) in [6.45, 7) is 9.61. The number of nitrogens with zero attached hydrogens (tertiary/aromatic N) is 1. The van der Waals surface area contributed by atoms with Crippen LogP contribution in [0.15, 0.2) is 24.3 Å². The predicted octanol–water partition coefficient (Wildman–Crippen LogP) is 2.48. The fourth-order valence-corrected chi connectivity index (χ4v) is 2.84. The molecule has 2 unspecified atom stereocenters. The first-order valence-electron chi connectivity index (χ1n) is 8.08. The minimum Gasteiger partial charge on any atom is -0.373 e. The highest BCUT2D eigenvalue weighted by Crippen LogP contribution is 2.11. The van der Waals surface area contributed by atoms with Crippen molar-refractivity contribution in [1.82, 2.24) is 10.2 Å². The summed E-state index contributed by atoms with van der Waals surface area (Å²) in [4.78, 5) is 14.2. The molecule has 1 saturated heterocycles. The van der Waals surface area contributed by atoms with Crippen LogP contribution in [0.3, 0.4) is 0 Å². The summed E-state index contributed by atoms with van der Waals surface area (Å²) in [5, 5.41) is 5.79. The lowest BCUT2D eigenvalue weighted by Gasteiger charge is -2.35. The zero-order valence-corrected chi connectivity index (χ0v) is 13.8. The molecule has 0 radical (unpaired) electrons. The third kappa shape index (κ3) is 5.31. The Morgan fingerprint density at radius 1 is 1.32 bits per heavy atom. The van der Waals surface area contributed by atoms with Gasteiger partial charge in [-0.25, -0.2) is 4.79 Å². The van der Waals surface area contributed by atoms with Crippen LogP contribution in [0.1, 0.15) is 26.3 Å². The van der Waals surface area contributed by atoms with Gasteiger partial charge in [0.25, 0.3) is 0 Å². The molecule has 0 aromatic heterocycles. The molecule has 1 fully saturated rings. The Bertz CT molecular complexity index is 483. The van der Waals surface area contributed by atoms with Gasteiger partial charge in [0.2, 0.25) is 0 Å². The van der Waals surface area contributed by atoms with Crippen LogP contribution >= 0.6 is 0 Å². The number of hydrogen-bond donors (Lipinski definition) is 2. The van der Waals surface area contributed by atoms with Gasteiger partial charge in [0.1, 0.15) is 0 Å². The van der Waals surface area contributed by atoms with Gasteiger partial charge in [-0.05, 0) is 38.0 Å². The minimum absolute atomic E-state index is 0.150. The first-order chi connectivity index (χ1) is 10.6. The van der Waals surface area contributed by atoms with Crippen molar-refractivity contribution < 1.29 is 9.53 Å². The summed E-state index contributed by atoms with van der Waals surface area (Å²) in [6.07, 6.45) is 1.48. The van der Waals surface area contributed by atoms with Gasteiger partial charge in [-0.2, -0.15) is 0 Å². The smallest absolute Gasteiger partial charge is 0.319 e. The van der Waals surface area contributed by atoms with Crippen LogP contribution in [-0.4, -0.2) is 49.3 Å². The number of carbonyl (C=O) groups excluding carboxylic acids is 1. The van der Waals surface area contributed by atoms with Crippen molar-refractivity contribution in [3.05, 3.63) is 29.8 Å². The number of ether oxygens (including phenoxy) is 1. The Morgan fingerprint density at radius 3 is 2.73 bits per heavy atom. The second-order valence-corrected chi connectivity index (χ2v) is 5.95. The number of amides is 2. The molecule has 0 aliphatic carbocycles. The van der Waals surface area contributed by atoms with E-state index in [9.17, 15) is 4.79 Å². The summed E-state index contributed by atoms with van der Waals surface area (Å²) >= 11 is 0. The molecule has 2 N–H and O–H groups in total. The third-order valence-electron chi connectivity index (χ3n) is 3.80. The minimum atomic E-state index is -0.150. The van der Waals surface area contributed by atoms with Gasteiger partial charge in [0.05, 0.1) is 12.2 Å². The van der Waals surface area contributed by atoms with E-state index in [2.05, 4.69) is 42.4 Å². The molecule has 5 nitrogen and oxygen atoms in total. The van der Waals surface area contributed by atoms with Gasteiger partial charge in [0, 0.05) is 31.9 Å². The Hall–Kier alpha value is -1.59. The highest BCUT2D eigenvalue weighted by Gasteiger charge is 2.21. The lowest BCUT2D eigenvalue weighted by Crippen LogP contribution is -2.48. The average Bonchev–Trinajstić information content (AvgIpc) is 2.46. The number of anilines is 1. The normalized spacial score (nSPS) is 22.3. The molecule has 0 saturated carbocycles. The largest absolute Gasteiger partial charge is 0.373 e. The Labute approximate surface area is 133 Å². The number of morpholine rings is 1. The van der Waals surface area contributed by atoms with Crippen molar-refractivity contribution in [1.29, 1.82) is 0 Å². The maximum Gasteiger partial charge on any atom is 0.319 e. The molecule has 122 valence electrons. The molecule has 1 aliphatic rings. The van der Waals surface area contributed by atoms with Crippen molar-refractivity contribution in [2.24, 2.45) is 0 Å². The number of nitrogens with one attached hydrogen (secondary N) is 2. The van der Waals surface area contributed by atoms with Gasteiger partial charge in [-0.1, -0.05) is 19.1 Å². The van der Waals surface area contributed by atoms with E-state index in [0.717, 1.165) is 31.7 Å². The molecule has 1 aromatic carbocycles. The fourth-order valence-electron chi connectivity index (χ4n) is 2.84. The number of urea groups is 1. The van der Waals surface area contributed by atoms with Crippen LogP contribution in [0.5, 0.6) is 0 Å². The van der Waals surface area contributed by atoms with Crippen LogP contribution in [0.25, 0.3) is 0 Å². The van der Waals surface area contributed by atoms with Gasteiger partial charge < -0.3 is 15.4 Å². The third-order valence-corrected chi connectivity index (χ3v) is 3.80. The van der Waals surface area contributed by atoms with Crippen LogP contribution in [-0.2, 0) is 11.2 Å². The van der Waals surface area contributed by atoms with E-state index in [1.54, 1.807) is 0 Å². The van der Waals surface area contributed by atoms with Crippen molar-refractivity contribution in [3.63, 3.8) is 0 Å². The van der Waals surface area contributed by atoms with Crippen molar-refractivity contribution in [2.45, 2.75) is 39.4 Å². The standard InChI is InChI=1S/C17H27N3O2/c1-4-15-6-5-7-16(10-15)19-17(21)18-8-9-20-11-13(2)22-14(3)12-20/h5-7,10,13-14H,4,8-9,11-12H2,1-3H3,(H2,18,19,21). The van der Waals surface area contributed by atoms with Gasteiger partial charge in [0.15, 0.2) is 0 Å². The van der Waals surface area contributed by atoms with E-state index in [0.29, 0.717) is 6.54 Å². The van der Waals surface area contributed by atoms with E-state index >= 15 is 0 Å². The lowest BCUT2D eigenvalue weighted by molar-refractivity contribution is -0.0672. The first kappa shape index (κ1) is 16.8. The number of rotatable bonds is 5. The van der Waals surface area contributed by atoms with E-state index in [1.807, 2.05) is 18.2 Å². The van der Waals surface area contributed by atoms with Crippen molar-refractivity contribution in [2.75, 3.05) is 31.5 Å². The van der Waals surface area contributed by atoms with Crippen LogP contribution in [0.2, 0.25) is 0 Å². The average molecular weight is 305 g/mol. The zero-order chi connectivity index (χ0) is 15.9. The zero-order valence-electron chi connectivity index (χ0n) is 13.8. The van der Waals surface area contributed by atoms with E-state index in [1.165, 1.54) is 5.56 Å². The number of carbonyl (C=O) groups is 1. The molecule has 0 spiro atoms. The van der Waals surface area contributed by atoms with Crippen LogP contribution < -0.4 is 10.6 Å². The highest BCUT2D eigenvalue weighted by molar-refractivity contribution is 5.89. The topological polar surface area (TPSA) is 53.6 Å². The maximum absolute atomic E-state index is 11.9. The first-order valence-corrected chi connectivity index (χ1v) is 8.08. The quantitative estimate of drug-likeness (QED) is 0.879. The summed E-state index contributed by atoms with van der Waals surface area (Å²) in [7, 11) is 0. The van der Waals surface area contributed by atoms with Crippen LogP contribution in [0, 0.1) is 0 Å². The van der Waals surface area contributed by atoms with Gasteiger partial charge in [-0.3, -0.25) is 4.90 Å². The molecule has 0 bridgehead atoms. The van der Waals surface area contributed by atoms with E-state index in [-0.39, 0.29) is 18.2 Å². The Morgan fingerprint density at radius 2 is 2.05 bits per heavy atom. The second kappa shape index (κ2) is 8.15. The molecule has 2 rings (SSSR count). The van der Waals surface area contributed by atoms with Crippen molar-refractivity contribution in [3.8, 4) is 0 Å². The fraction of sp³-hybridized carbons (Fsp3) is 0.588. The number of benzene rings is 1. The SMILES string of the molecule is CCc1cccc(NC(=O)NCCN2CC(C)OC(C)C2)c1. The van der Waals surface area contributed by atoms with Gasteiger partial charge >= 0.3 is 6.03 Å². The Kier molecular flexibility index (Phi) is 6.21. The Balaban J connectivity index is 1.71. The van der Waals surface area contributed by atoms with Crippen molar-refractivity contribution >= 4 is 11.7 Å². The van der Waals surface area contributed by atoms with Crippen LogP contribution in [0.4, 0.5) is 10.5 Å². The molecule has 2 amide bonds. The molecule has 1 heterocycles. The summed E-state index contributed by atoms with van der Waals surface area (Å²) in [5.74, 6) is 0. The highest BCUT2D eigenvalue weighted by atomic mass is 16.5. The lowest BCUT2D eigenvalue weighted by atomic mass is 10.1.